The van der Waals surface area contributed by atoms with Crippen molar-refractivity contribution in [2.45, 2.75) is 32.2 Å². The van der Waals surface area contributed by atoms with Gasteiger partial charge in [-0.2, -0.15) is 0 Å². The average Bonchev–Trinajstić information content (AvgIpc) is 2.74. The molecule has 0 saturated heterocycles. The second-order valence-electron chi connectivity index (χ2n) is 4.37. The third-order valence-corrected chi connectivity index (χ3v) is 6.74. The molecule has 0 amide bonds. The molecule has 1 heterocycles. The van der Waals surface area contributed by atoms with E-state index < -0.39 is 0 Å². The summed E-state index contributed by atoms with van der Waals surface area (Å²) in [6.07, 6.45) is 3.97. The highest BCUT2D eigenvalue weighted by Crippen LogP contribution is 2.43. The van der Waals surface area contributed by atoms with Crippen LogP contribution in [-0.2, 0) is 0 Å². The Morgan fingerprint density at radius 2 is 2.20 bits per heavy atom. The van der Waals surface area contributed by atoms with Gasteiger partial charge < -0.3 is 5.73 Å². The van der Waals surface area contributed by atoms with Gasteiger partial charge in [0, 0.05) is 15.4 Å². The fourth-order valence-corrected chi connectivity index (χ4v) is 4.61. The molecular weight excluding hydrogens is 338 g/mol. The molecule has 0 radical (unpaired) electrons. The largest absolute Gasteiger partial charge is 0.323 e. The van der Waals surface area contributed by atoms with Crippen molar-refractivity contribution < 1.29 is 0 Å². The van der Waals surface area contributed by atoms with Gasteiger partial charge in [-0.05, 0) is 56.2 Å². The zero-order valence-corrected chi connectivity index (χ0v) is 12.7. The standard InChI is InChI=1S/C11H15Br2NS/c1-6-3-2-4-7(6)10(14)9-5-8(12)11(13)15-9/h5-7,10H,2-4,14H2,1H3. The molecule has 4 heteroatoms. The first-order valence-corrected chi connectivity index (χ1v) is 7.70. The van der Waals surface area contributed by atoms with Crippen molar-refractivity contribution in [2.75, 3.05) is 0 Å². The fraction of sp³-hybridized carbons (Fsp3) is 0.636. The summed E-state index contributed by atoms with van der Waals surface area (Å²) < 4.78 is 2.28. The maximum Gasteiger partial charge on any atom is 0.0843 e. The van der Waals surface area contributed by atoms with E-state index in [-0.39, 0.29) is 6.04 Å². The third kappa shape index (κ3) is 2.48. The van der Waals surface area contributed by atoms with Gasteiger partial charge in [0.05, 0.1) is 3.79 Å². The van der Waals surface area contributed by atoms with E-state index in [1.807, 2.05) is 0 Å². The van der Waals surface area contributed by atoms with Crippen LogP contribution in [0.15, 0.2) is 14.3 Å². The monoisotopic (exact) mass is 351 g/mol. The lowest BCUT2D eigenvalue weighted by Gasteiger charge is -2.21. The Morgan fingerprint density at radius 3 is 2.67 bits per heavy atom. The van der Waals surface area contributed by atoms with Crippen LogP contribution >= 0.6 is 43.2 Å². The smallest absolute Gasteiger partial charge is 0.0843 e. The van der Waals surface area contributed by atoms with E-state index in [9.17, 15) is 0 Å². The van der Waals surface area contributed by atoms with Crippen LogP contribution in [0.3, 0.4) is 0 Å². The Labute approximate surface area is 112 Å². The SMILES string of the molecule is CC1CCCC1C(N)c1cc(Br)c(Br)s1. The Hall–Kier alpha value is 0.620. The van der Waals surface area contributed by atoms with Crippen molar-refractivity contribution in [1.29, 1.82) is 0 Å². The van der Waals surface area contributed by atoms with Gasteiger partial charge >= 0.3 is 0 Å². The van der Waals surface area contributed by atoms with Crippen molar-refractivity contribution in [1.82, 2.24) is 0 Å². The van der Waals surface area contributed by atoms with E-state index in [4.69, 9.17) is 5.73 Å². The molecule has 1 fully saturated rings. The first-order valence-electron chi connectivity index (χ1n) is 5.30. The van der Waals surface area contributed by atoms with Crippen LogP contribution in [0.2, 0.25) is 0 Å². The summed E-state index contributed by atoms with van der Waals surface area (Å²) in [5.41, 5.74) is 6.34. The Balaban J connectivity index is 2.16. The summed E-state index contributed by atoms with van der Waals surface area (Å²) in [6, 6.07) is 2.37. The number of rotatable bonds is 2. The molecule has 2 N–H and O–H groups in total. The molecule has 84 valence electrons. The van der Waals surface area contributed by atoms with Crippen molar-refractivity contribution in [3.63, 3.8) is 0 Å². The van der Waals surface area contributed by atoms with E-state index in [2.05, 4.69) is 44.8 Å². The van der Waals surface area contributed by atoms with Crippen LogP contribution in [0.25, 0.3) is 0 Å². The molecule has 0 aromatic carbocycles. The highest BCUT2D eigenvalue weighted by Gasteiger charge is 2.30. The molecule has 3 atom stereocenters. The zero-order valence-electron chi connectivity index (χ0n) is 8.67. The molecule has 1 aliphatic rings. The lowest BCUT2D eigenvalue weighted by Crippen LogP contribution is -2.22. The van der Waals surface area contributed by atoms with Gasteiger partial charge in [-0.3, -0.25) is 0 Å². The molecule has 3 unspecified atom stereocenters. The van der Waals surface area contributed by atoms with Crippen molar-refractivity contribution >= 4 is 43.2 Å². The van der Waals surface area contributed by atoms with Gasteiger partial charge in [0.25, 0.3) is 0 Å². The van der Waals surface area contributed by atoms with Crippen molar-refractivity contribution in [3.8, 4) is 0 Å². The lowest BCUT2D eigenvalue weighted by molar-refractivity contribution is 0.354. The normalized spacial score (nSPS) is 28.3. The molecule has 0 spiro atoms. The quantitative estimate of drug-likeness (QED) is 0.819. The predicted octanol–water partition coefficient (Wildman–Crippen LogP) is 4.71. The molecule has 0 bridgehead atoms. The van der Waals surface area contributed by atoms with Crippen LogP contribution in [0, 0.1) is 11.8 Å². The molecule has 1 aromatic heterocycles. The van der Waals surface area contributed by atoms with E-state index in [1.165, 1.54) is 24.1 Å². The summed E-state index contributed by atoms with van der Waals surface area (Å²) >= 11 is 8.80. The van der Waals surface area contributed by atoms with E-state index >= 15 is 0 Å². The Bertz CT molecular complexity index is 331. The molecular formula is C11H15Br2NS. The highest BCUT2D eigenvalue weighted by molar-refractivity contribution is 9.13. The van der Waals surface area contributed by atoms with Crippen LogP contribution in [-0.4, -0.2) is 0 Å². The van der Waals surface area contributed by atoms with Crippen LogP contribution in [0.1, 0.15) is 37.1 Å². The van der Waals surface area contributed by atoms with E-state index in [1.54, 1.807) is 11.3 Å². The van der Waals surface area contributed by atoms with Crippen LogP contribution < -0.4 is 5.73 Å². The van der Waals surface area contributed by atoms with Crippen LogP contribution in [0.4, 0.5) is 0 Å². The number of halogens is 2. The molecule has 15 heavy (non-hydrogen) atoms. The zero-order chi connectivity index (χ0) is 11.0. The van der Waals surface area contributed by atoms with Crippen molar-refractivity contribution in [2.24, 2.45) is 17.6 Å². The van der Waals surface area contributed by atoms with Gasteiger partial charge in [0.1, 0.15) is 0 Å². The van der Waals surface area contributed by atoms with Gasteiger partial charge in [0.15, 0.2) is 0 Å². The molecule has 1 aromatic rings. The highest BCUT2D eigenvalue weighted by atomic mass is 79.9. The summed E-state index contributed by atoms with van der Waals surface area (Å²) in [5, 5.41) is 0. The molecule has 1 nitrogen and oxygen atoms in total. The number of nitrogens with two attached hydrogens (primary N) is 1. The van der Waals surface area contributed by atoms with Gasteiger partial charge in [-0.25, -0.2) is 0 Å². The second-order valence-corrected chi connectivity index (χ2v) is 7.62. The first kappa shape index (κ1) is 12.1. The first-order chi connectivity index (χ1) is 7.09. The predicted molar refractivity (Wildman–Crippen MR) is 73.2 cm³/mol. The van der Waals surface area contributed by atoms with Crippen molar-refractivity contribution in [3.05, 3.63) is 19.2 Å². The van der Waals surface area contributed by atoms with Crippen LogP contribution in [0.5, 0.6) is 0 Å². The summed E-state index contributed by atoms with van der Waals surface area (Å²) in [5.74, 6) is 1.45. The maximum absolute atomic E-state index is 6.34. The van der Waals surface area contributed by atoms with E-state index in [0.29, 0.717) is 5.92 Å². The fourth-order valence-electron chi connectivity index (χ4n) is 2.45. The number of hydrogen-bond donors (Lipinski definition) is 1. The van der Waals surface area contributed by atoms with Gasteiger partial charge in [-0.15, -0.1) is 11.3 Å². The van der Waals surface area contributed by atoms with Gasteiger partial charge in [0.2, 0.25) is 0 Å². The van der Waals surface area contributed by atoms with E-state index in [0.717, 1.165) is 14.2 Å². The topological polar surface area (TPSA) is 26.0 Å². The summed E-state index contributed by atoms with van der Waals surface area (Å²) in [6.45, 7) is 2.33. The molecule has 0 aliphatic heterocycles. The maximum atomic E-state index is 6.34. The average molecular weight is 353 g/mol. The minimum absolute atomic E-state index is 0.218. The second kappa shape index (κ2) is 4.86. The molecule has 1 saturated carbocycles. The summed E-state index contributed by atoms with van der Waals surface area (Å²) in [4.78, 5) is 1.30. The minimum Gasteiger partial charge on any atom is -0.323 e. The summed E-state index contributed by atoms with van der Waals surface area (Å²) in [7, 11) is 0. The Kier molecular flexibility index (Phi) is 3.92. The minimum atomic E-state index is 0.218. The third-order valence-electron chi connectivity index (χ3n) is 3.38. The molecule has 1 aliphatic carbocycles. The van der Waals surface area contributed by atoms with Gasteiger partial charge in [-0.1, -0.05) is 19.8 Å². The molecule has 2 rings (SSSR count). The number of hydrogen-bond acceptors (Lipinski definition) is 2. The number of thiophene rings is 1. The Morgan fingerprint density at radius 1 is 1.47 bits per heavy atom. The lowest BCUT2D eigenvalue weighted by atomic mass is 9.90.